The summed E-state index contributed by atoms with van der Waals surface area (Å²) >= 11 is 0. The minimum absolute atomic E-state index is 0.231. The van der Waals surface area contributed by atoms with E-state index in [4.69, 9.17) is 4.74 Å². The number of halogens is 1. The number of ether oxygens (including phenoxy) is 1. The molecule has 3 aromatic rings. The average Bonchev–Trinajstić information content (AvgIpc) is 3.06. The van der Waals surface area contributed by atoms with Gasteiger partial charge in [0.2, 0.25) is 0 Å². The Balaban J connectivity index is 1.76. The molecule has 0 unspecified atom stereocenters. The standard InChI is InChI=1S/C21H20FN3O3/c1-4-28-21(27)14-5-8-16(9-6-14)23-20(26)18-12-19(25(3)24-18)15-7-10-17(22)13(2)11-15/h5-12H,4H2,1-3H3,(H,23,26). The van der Waals surface area contributed by atoms with Crippen molar-refractivity contribution >= 4 is 17.6 Å². The summed E-state index contributed by atoms with van der Waals surface area (Å²) in [5.41, 5.74) is 3.16. The first kappa shape index (κ1) is 19.3. The van der Waals surface area contributed by atoms with Gasteiger partial charge in [-0.3, -0.25) is 9.48 Å². The van der Waals surface area contributed by atoms with Crippen LogP contribution in [-0.2, 0) is 11.8 Å². The second-order valence-corrected chi connectivity index (χ2v) is 6.25. The van der Waals surface area contributed by atoms with Gasteiger partial charge in [-0.05, 0) is 67.9 Å². The Hall–Kier alpha value is -3.48. The van der Waals surface area contributed by atoms with Crippen molar-refractivity contribution in [1.82, 2.24) is 9.78 Å². The molecule has 1 amide bonds. The summed E-state index contributed by atoms with van der Waals surface area (Å²) in [5.74, 6) is -1.08. The number of nitrogens with zero attached hydrogens (tertiary/aromatic N) is 2. The molecular formula is C21H20FN3O3. The molecule has 0 saturated heterocycles. The van der Waals surface area contributed by atoms with Gasteiger partial charge in [0.25, 0.3) is 5.91 Å². The van der Waals surface area contributed by atoms with Crippen molar-refractivity contribution in [2.75, 3.05) is 11.9 Å². The molecule has 1 aromatic heterocycles. The van der Waals surface area contributed by atoms with E-state index in [1.54, 1.807) is 68.0 Å². The van der Waals surface area contributed by atoms with E-state index < -0.39 is 5.97 Å². The molecule has 0 spiro atoms. The molecular weight excluding hydrogens is 361 g/mol. The van der Waals surface area contributed by atoms with Gasteiger partial charge < -0.3 is 10.1 Å². The van der Waals surface area contributed by atoms with E-state index in [0.717, 1.165) is 5.56 Å². The summed E-state index contributed by atoms with van der Waals surface area (Å²) in [5, 5.41) is 6.98. The first-order valence-electron chi connectivity index (χ1n) is 8.78. The van der Waals surface area contributed by atoms with Crippen molar-refractivity contribution in [3.63, 3.8) is 0 Å². The summed E-state index contributed by atoms with van der Waals surface area (Å²) in [7, 11) is 1.72. The third-order valence-corrected chi connectivity index (χ3v) is 4.22. The molecule has 0 radical (unpaired) electrons. The Morgan fingerprint density at radius 3 is 2.50 bits per heavy atom. The lowest BCUT2D eigenvalue weighted by atomic mass is 10.1. The number of amides is 1. The first-order valence-corrected chi connectivity index (χ1v) is 8.78. The van der Waals surface area contributed by atoms with Gasteiger partial charge in [-0.25, -0.2) is 9.18 Å². The van der Waals surface area contributed by atoms with Gasteiger partial charge in [0.15, 0.2) is 5.69 Å². The highest BCUT2D eigenvalue weighted by atomic mass is 19.1. The zero-order chi connectivity index (χ0) is 20.3. The summed E-state index contributed by atoms with van der Waals surface area (Å²) in [6, 6.07) is 12.8. The van der Waals surface area contributed by atoms with Crippen LogP contribution in [0.25, 0.3) is 11.3 Å². The summed E-state index contributed by atoms with van der Waals surface area (Å²) in [6.07, 6.45) is 0. The summed E-state index contributed by atoms with van der Waals surface area (Å²) in [6.45, 7) is 3.72. The molecule has 28 heavy (non-hydrogen) atoms. The summed E-state index contributed by atoms with van der Waals surface area (Å²) < 4.78 is 20.0. The maximum Gasteiger partial charge on any atom is 0.338 e. The van der Waals surface area contributed by atoms with Gasteiger partial charge in [-0.1, -0.05) is 0 Å². The fourth-order valence-corrected chi connectivity index (χ4v) is 2.75. The quantitative estimate of drug-likeness (QED) is 0.679. The number of anilines is 1. The van der Waals surface area contributed by atoms with Crippen molar-refractivity contribution < 1.29 is 18.7 Å². The predicted octanol–water partition coefficient (Wildman–Crippen LogP) is 3.96. The van der Waals surface area contributed by atoms with E-state index in [1.165, 1.54) is 6.07 Å². The topological polar surface area (TPSA) is 73.2 Å². The fourth-order valence-electron chi connectivity index (χ4n) is 2.75. The number of benzene rings is 2. The molecule has 0 aliphatic heterocycles. The molecule has 7 heteroatoms. The average molecular weight is 381 g/mol. The van der Waals surface area contributed by atoms with Gasteiger partial charge in [0.1, 0.15) is 5.82 Å². The van der Waals surface area contributed by atoms with Crippen molar-refractivity contribution in [1.29, 1.82) is 0 Å². The normalized spacial score (nSPS) is 10.6. The lowest BCUT2D eigenvalue weighted by Gasteiger charge is -2.05. The SMILES string of the molecule is CCOC(=O)c1ccc(NC(=O)c2cc(-c3ccc(F)c(C)c3)n(C)n2)cc1. The van der Waals surface area contributed by atoms with Crippen LogP contribution in [0.5, 0.6) is 0 Å². The molecule has 3 rings (SSSR count). The van der Waals surface area contributed by atoms with E-state index >= 15 is 0 Å². The summed E-state index contributed by atoms with van der Waals surface area (Å²) in [4.78, 5) is 24.2. The smallest absolute Gasteiger partial charge is 0.338 e. The van der Waals surface area contributed by atoms with Crippen LogP contribution >= 0.6 is 0 Å². The maximum atomic E-state index is 13.5. The second-order valence-electron chi connectivity index (χ2n) is 6.25. The fraction of sp³-hybridized carbons (Fsp3) is 0.190. The number of hydrogen-bond acceptors (Lipinski definition) is 4. The van der Waals surface area contributed by atoms with Crippen LogP contribution in [0.3, 0.4) is 0 Å². The largest absolute Gasteiger partial charge is 0.462 e. The highest BCUT2D eigenvalue weighted by molar-refractivity contribution is 6.03. The van der Waals surface area contributed by atoms with E-state index in [9.17, 15) is 14.0 Å². The molecule has 0 aliphatic rings. The monoisotopic (exact) mass is 381 g/mol. The number of nitrogens with one attached hydrogen (secondary N) is 1. The first-order chi connectivity index (χ1) is 13.4. The number of carbonyl (C=O) groups excluding carboxylic acids is 2. The number of rotatable bonds is 5. The van der Waals surface area contributed by atoms with Crippen LogP contribution in [0.1, 0.15) is 33.3 Å². The highest BCUT2D eigenvalue weighted by Gasteiger charge is 2.15. The number of hydrogen-bond donors (Lipinski definition) is 1. The Labute approximate surface area is 161 Å². The molecule has 144 valence electrons. The van der Waals surface area contributed by atoms with Crippen molar-refractivity contribution in [3.8, 4) is 11.3 Å². The second kappa shape index (κ2) is 8.04. The minimum atomic E-state index is -0.413. The van der Waals surface area contributed by atoms with E-state index in [2.05, 4.69) is 10.4 Å². The molecule has 0 atom stereocenters. The molecule has 6 nitrogen and oxygen atoms in total. The maximum absolute atomic E-state index is 13.5. The van der Waals surface area contributed by atoms with E-state index in [1.807, 2.05) is 0 Å². The van der Waals surface area contributed by atoms with Crippen molar-refractivity contribution in [3.05, 3.63) is 71.2 Å². The third-order valence-electron chi connectivity index (χ3n) is 4.22. The van der Waals surface area contributed by atoms with Crippen LogP contribution in [-0.4, -0.2) is 28.3 Å². The minimum Gasteiger partial charge on any atom is -0.462 e. The van der Waals surface area contributed by atoms with Crippen LogP contribution in [0.4, 0.5) is 10.1 Å². The molecule has 0 saturated carbocycles. The third kappa shape index (κ3) is 4.09. The van der Waals surface area contributed by atoms with Gasteiger partial charge in [0.05, 0.1) is 17.9 Å². The molecule has 0 aliphatic carbocycles. The Morgan fingerprint density at radius 2 is 1.86 bits per heavy atom. The molecule has 0 bridgehead atoms. The van der Waals surface area contributed by atoms with Gasteiger partial charge in [-0.15, -0.1) is 0 Å². The van der Waals surface area contributed by atoms with E-state index in [-0.39, 0.29) is 17.4 Å². The molecule has 1 heterocycles. The van der Waals surface area contributed by atoms with Crippen LogP contribution in [0.15, 0.2) is 48.5 Å². The van der Waals surface area contributed by atoms with Crippen molar-refractivity contribution in [2.45, 2.75) is 13.8 Å². The molecule has 2 aromatic carbocycles. The van der Waals surface area contributed by atoms with Gasteiger partial charge in [0, 0.05) is 18.3 Å². The Bertz CT molecular complexity index is 1030. The Morgan fingerprint density at radius 1 is 1.14 bits per heavy atom. The predicted molar refractivity (Wildman–Crippen MR) is 104 cm³/mol. The lowest BCUT2D eigenvalue weighted by Crippen LogP contribution is -2.13. The highest BCUT2D eigenvalue weighted by Crippen LogP contribution is 2.23. The van der Waals surface area contributed by atoms with Crippen LogP contribution in [0.2, 0.25) is 0 Å². The molecule has 0 fully saturated rings. The van der Waals surface area contributed by atoms with Crippen molar-refractivity contribution in [2.24, 2.45) is 7.05 Å². The Kier molecular flexibility index (Phi) is 5.54. The lowest BCUT2D eigenvalue weighted by molar-refractivity contribution is 0.0526. The zero-order valence-corrected chi connectivity index (χ0v) is 15.8. The van der Waals surface area contributed by atoms with Crippen LogP contribution in [0, 0.1) is 12.7 Å². The number of aromatic nitrogens is 2. The van der Waals surface area contributed by atoms with Gasteiger partial charge in [-0.2, -0.15) is 5.10 Å². The van der Waals surface area contributed by atoms with E-state index in [0.29, 0.717) is 29.1 Å². The number of aryl methyl sites for hydroxylation is 2. The van der Waals surface area contributed by atoms with Gasteiger partial charge >= 0.3 is 5.97 Å². The molecule has 1 N–H and O–H groups in total. The van der Waals surface area contributed by atoms with Crippen LogP contribution < -0.4 is 5.32 Å². The number of carbonyl (C=O) groups is 2. The zero-order valence-electron chi connectivity index (χ0n) is 15.8. The number of esters is 1.